The molecule has 0 aliphatic rings. The predicted octanol–water partition coefficient (Wildman–Crippen LogP) is 3.31. The van der Waals surface area contributed by atoms with Crippen molar-refractivity contribution >= 4 is 21.7 Å². The third-order valence-electron chi connectivity index (χ3n) is 4.08. The zero-order valence-electron chi connectivity index (χ0n) is 12.4. The third-order valence-corrected chi connectivity index (χ3v) is 4.08. The van der Waals surface area contributed by atoms with Crippen LogP contribution in [-0.2, 0) is 7.05 Å². The Bertz CT molecular complexity index is 1150. The van der Waals surface area contributed by atoms with Gasteiger partial charge < -0.3 is 8.98 Å². The van der Waals surface area contributed by atoms with Crippen LogP contribution in [-0.4, -0.2) is 4.57 Å². The average Bonchev–Trinajstić information content (AvgIpc) is 2.58. The topological polar surface area (TPSA) is 52.2 Å². The number of para-hydroxylation sites is 1. The van der Waals surface area contributed by atoms with Gasteiger partial charge in [0.25, 0.3) is 5.56 Å². The molecule has 4 nitrogen and oxygen atoms in total. The highest BCUT2D eigenvalue weighted by Gasteiger charge is 2.15. The number of pyridine rings is 1. The SMILES string of the molecule is Cn1c(-c2ccccc2)cc2c(c(=O)oc3ccccc32)c1=O. The first-order chi connectivity index (χ1) is 11.2. The average molecular weight is 303 g/mol. The molecule has 2 aromatic carbocycles. The zero-order chi connectivity index (χ0) is 16.0. The first-order valence-electron chi connectivity index (χ1n) is 7.28. The number of hydrogen-bond donors (Lipinski definition) is 0. The van der Waals surface area contributed by atoms with Crippen LogP contribution in [0.25, 0.3) is 33.0 Å². The minimum Gasteiger partial charge on any atom is -0.422 e. The van der Waals surface area contributed by atoms with Gasteiger partial charge >= 0.3 is 5.63 Å². The van der Waals surface area contributed by atoms with Crippen LogP contribution in [0, 0.1) is 0 Å². The van der Waals surface area contributed by atoms with E-state index < -0.39 is 5.63 Å². The van der Waals surface area contributed by atoms with Crippen LogP contribution in [0.5, 0.6) is 0 Å². The van der Waals surface area contributed by atoms with Crippen molar-refractivity contribution in [1.29, 1.82) is 0 Å². The summed E-state index contributed by atoms with van der Waals surface area (Å²) in [6, 6.07) is 18.8. The van der Waals surface area contributed by atoms with Crippen molar-refractivity contribution in [2.45, 2.75) is 0 Å². The second-order valence-corrected chi connectivity index (χ2v) is 5.43. The number of aromatic nitrogens is 1. The lowest BCUT2D eigenvalue weighted by atomic mass is 10.0. The fourth-order valence-corrected chi connectivity index (χ4v) is 2.92. The summed E-state index contributed by atoms with van der Waals surface area (Å²) in [6.07, 6.45) is 0. The minimum absolute atomic E-state index is 0.0888. The summed E-state index contributed by atoms with van der Waals surface area (Å²) in [5.41, 5.74) is 1.22. The van der Waals surface area contributed by atoms with E-state index in [0.29, 0.717) is 11.0 Å². The number of rotatable bonds is 1. The summed E-state index contributed by atoms with van der Waals surface area (Å²) >= 11 is 0. The molecular formula is C19H13NO3. The number of hydrogen-bond acceptors (Lipinski definition) is 3. The molecule has 23 heavy (non-hydrogen) atoms. The molecular weight excluding hydrogens is 290 g/mol. The van der Waals surface area contributed by atoms with Crippen LogP contribution < -0.4 is 11.2 Å². The zero-order valence-corrected chi connectivity index (χ0v) is 12.4. The predicted molar refractivity (Wildman–Crippen MR) is 90.7 cm³/mol. The lowest BCUT2D eigenvalue weighted by molar-refractivity contribution is 0.568. The van der Waals surface area contributed by atoms with Gasteiger partial charge in [-0.05, 0) is 17.7 Å². The molecule has 0 saturated carbocycles. The van der Waals surface area contributed by atoms with Gasteiger partial charge in [-0.1, -0.05) is 48.5 Å². The monoisotopic (exact) mass is 303 g/mol. The third kappa shape index (κ3) is 1.99. The Morgan fingerprint density at radius 2 is 1.57 bits per heavy atom. The Kier molecular flexibility index (Phi) is 2.91. The molecule has 0 aliphatic heterocycles. The molecule has 0 spiro atoms. The fraction of sp³-hybridized carbons (Fsp3) is 0.0526. The lowest BCUT2D eigenvalue weighted by Gasteiger charge is -2.11. The molecule has 4 heteroatoms. The first kappa shape index (κ1) is 13.5. The van der Waals surface area contributed by atoms with Crippen LogP contribution in [0.1, 0.15) is 0 Å². The molecule has 0 bridgehead atoms. The molecule has 2 heterocycles. The van der Waals surface area contributed by atoms with Gasteiger partial charge in [-0.3, -0.25) is 4.79 Å². The summed E-state index contributed by atoms with van der Waals surface area (Å²) in [6.45, 7) is 0. The summed E-state index contributed by atoms with van der Waals surface area (Å²) in [7, 11) is 1.67. The van der Waals surface area contributed by atoms with E-state index in [9.17, 15) is 9.59 Å². The minimum atomic E-state index is -0.598. The van der Waals surface area contributed by atoms with Gasteiger partial charge in [-0.25, -0.2) is 4.79 Å². The van der Waals surface area contributed by atoms with Crippen molar-refractivity contribution in [1.82, 2.24) is 4.57 Å². The van der Waals surface area contributed by atoms with Crippen LogP contribution in [0.3, 0.4) is 0 Å². The molecule has 0 fully saturated rings. The molecule has 0 unspecified atom stereocenters. The molecule has 4 rings (SSSR count). The van der Waals surface area contributed by atoms with Gasteiger partial charge in [0.05, 0.1) is 5.69 Å². The Morgan fingerprint density at radius 3 is 2.35 bits per heavy atom. The quantitative estimate of drug-likeness (QED) is 0.400. The van der Waals surface area contributed by atoms with Crippen molar-refractivity contribution in [3.63, 3.8) is 0 Å². The van der Waals surface area contributed by atoms with E-state index in [1.54, 1.807) is 19.2 Å². The van der Waals surface area contributed by atoms with Crippen molar-refractivity contribution in [3.8, 4) is 11.3 Å². The van der Waals surface area contributed by atoms with Crippen LogP contribution in [0.15, 0.2) is 74.7 Å². The normalized spacial score (nSPS) is 11.2. The molecule has 0 N–H and O–H groups in total. The number of benzene rings is 2. The lowest BCUT2D eigenvalue weighted by Crippen LogP contribution is -2.23. The summed E-state index contributed by atoms with van der Waals surface area (Å²) in [5, 5.41) is 1.47. The molecule has 0 aliphatic carbocycles. The summed E-state index contributed by atoms with van der Waals surface area (Å²) in [4.78, 5) is 24.9. The highest BCUT2D eigenvalue weighted by molar-refractivity contribution is 6.05. The Balaban J connectivity index is 2.24. The van der Waals surface area contributed by atoms with Crippen molar-refractivity contribution < 1.29 is 4.42 Å². The van der Waals surface area contributed by atoms with E-state index in [2.05, 4.69) is 0 Å². The molecule has 0 radical (unpaired) electrons. The van der Waals surface area contributed by atoms with Gasteiger partial charge in [0.2, 0.25) is 0 Å². The van der Waals surface area contributed by atoms with Crippen LogP contribution >= 0.6 is 0 Å². The molecule has 0 amide bonds. The first-order valence-corrected chi connectivity index (χ1v) is 7.28. The van der Waals surface area contributed by atoms with Gasteiger partial charge in [-0.2, -0.15) is 0 Å². The maximum atomic E-state index is 12.7. The van der Waals surface area contributed by atoms with E-state index >= 15 is 0 Å². The number of nitrogens with zero attached hydrogens (tertiary/aromatic N) is 1. The largest absolute Gasteiger partial charge is 0.422 e. The maximum absolute atomic E-state index is 12.7. The van der Waals surface area contributed by atoms with E-state index in [0.717, 1.165) is 16.6 Å². The summed E-state index contributed by atoms with van der Waals surface area (Å²) < 4.78 is 6.78. The summed E-state index contributed by atoms with van der Waals surface area (Å²) in [5.74, 6) is 0. The van der Waals surface area contributed by atoms with Crippen molar-refractivity contribution in [2.24, 2.45) is 7.05 Å². The second-order valence-electron chi connectivity index (χ2n) is 5.43. The maximum Gasteiger partial charge on any atom is 0.349 e. The smallest absolute Gasteiger partial charge is 0.349 e. The fourth-order valence-electron chi connectivity index (χ4n) is 2.92. The van der Waals surface area contributed by atoms with Gasteiger partial charge in [-0.15, -0.1) is 0 Å². The molecule has 4 aromatic rings. The highest BCUT2D eigenvalue weighted by Crippen LogP contribution is 2.25. The van der Waals surface area contributed by atoms with Crippen LogP contribution in [0.4, 0.5) is 0 Å². The number of fused-ring (bicyclic) bond motifs is 3. The Morgan fingerprint density at radius 1 is 0.870 bits per heavy atom. The Labute approximate surface area is 131 Å². The molecule has 0 atom stereocenters. The van der Waals surface area contributed by atoms with Gasteiger partial charge in [0.1, 0.15) is 11.0 Å². The van der Waals surface area contributed by atoms with E-state index in [4.69, 9.17) is 4.42 Å². The molecule has 2 aromatic heterocycles. The molecule has 112 valence electrons. The van der Waals surface area contributed by atoms with Gasteiger partial charge in [0, 0.05) is 17.8 Å². The van der Waals surface area contributed by atoms with Crippen molar-refractivity contribution in [3.05, 3.63) is 81.4 Å². The standard InChI is InChI=1S/C19H13NO3/c1-20-15(12-7-3-2-4-8-12)11-14-13-9-5-6-10-16(13)23-19(22)17(14)18(20)21/h2-11H,1H3. The van der Waals surface area contributed by atoms with Gasteiger partial charge in [0.15, 0.2) is 0 Å². The van der Waals surface area contributed by atoms with E-state index in [1.807, 2.05) is 48.5 Å². The highest BCUT2D eigenvalue weighted by atomic mass is 16.4. The van der Waals surface area contributed by atoms with Crippen LogP contribution in [0.2, 0.25) is 0 Å². The van der Waals surface area contributed by atoms with E-state index in [1.165, 1.54) is 4.57 Å². The Hall–Kier alpha value is -3.14. The van der Waals surface area contributed by atoms with Crippen molar-refractivity contribution in [2.75, 3.05) is 0 Å². The molecule has 0 saturated heterocycles. The van der Waals surface area contributed by atoms with E-state index in [-0.39, 0.29) is 10.9 Å². The second kappa shape index (κ2) is 4.95.